The van der Waals surface area contributed by atoms with Gasteiger partial charge in [0.05, 0.1) is 11.4 Å². The number of aromatic nitrogens is 2. The van der Waals surface area contributed by atoms with Crippen molar-refractivity contribution in [3.63, 3.8) is 0 Å². The van der Waals surface area contributed by atoms with Gasteiger partial charge in [-0.2, -0.15) is 4.39 Å². The van der Waals surface area contributed by atoms with E-state index in [0.717, 1.165) is 0 Å². The number of nitrogen functional groups attached to an aromatic ring is 1. The van der Waals surface area contributed by atoms with Crippen LogP contribution in [-0.4, -0.2) is 9.55 Å². The van der Waals surface area contributed by atoms with E-state index in [4.69, 9.17) is 5.73 Å². The molecule has 4 heteroatoms. The van der Waals surface area contributed by atoms with E-state index >= 15 is 0 Å². The van der Waals surface area contributed by atoms with Crippen LogP contribution in [0.25, 0.3) is 5.69 Å². The Morgan fingerprint density at radius 3 is 2.79 bits per heavy atom. The highest BCUT2D eigenvalue weighted by Gasteiger charge is 2.05. The molecule has 0 radical (unpaired) electrons. The molecule has 0 unspecified atom stereocenters. The molecule has 0 saturated carbocycles. The predicted molar refractivity (Wildman–Crippen MR) is 52.7 cm³/mol. The Morgan fingerprint density at radius 2 is 2.21 bits per heavy atom. The molecule has 0 atom stereocenters. The molecule has 0 bridgehead atoms. The summed E-state index contributed by atoms with van der Waals surface area (Å²) in [4.78, 5) is 3.67. The number of rotatable bonds is 1. The van der Waals surface area contributed by atoms with Gasteiger partial charge in [0.25, 0.3) is 6.08 Å². The van der Waals surface area contributed by atoms with Gasteiger partial charge in [-0.1, -0.05) is 6.07 Å². The van der Waals surface area contributed by atoms with Crippen LogP contribution in [0.1, 0.15) is 5.69 Å². The van der Waals surface area contributed by atoms with Gasteiger partial charge in [0.2, 0.25) is 0 Å². The molecule has 0 aliphatic carbocycles. The molecule has 0 spiro atoms. The van der Waals surface area contributed by atoms with Crippen molar-refractivity contribution in [1.29, 1.82) is 0 Å². The molecule has 0 aliphatic heterocycles. The van der Waals surface area contributed by atoms with Crippen LogP contribution in [0.4, 0.5) is 10.1 Å². The second-order valence-corrected chi connectivity index (χ2v) is 3.12. The smallest absolute Gasteiger partial charge is 0.293 e. The van der Waals surface area contributed by atoms with E-state index in [2.05, 4.69) is 4.98 Å². The van der Waals surface area contributed by atoms with Crippen LogP contribution in [-0.2, 0) is 0 Å². The van der Waals surface area contributed by atoms with Crippen LogP contribution in [0.2, 0.25) is 0 Å². The number of nitrogens with zero attached hydrogens (tertiary/aromatic N) is 2. The first-order valence-corrected chi connectivity index (χ1v) is 4.24. The molecule has 2 rings (SSSR count). The van der Waals surface area contributed by atoms with Gasteiger partial charge >= 0.3 is 0 Å². The van der Waals surface area contributed by atoms with Gasteiger partial charge < -0.3 is 5.73 Å². The van der Waals surface area contributed by atoms with E-state index in [1.54, 1.807) is 37.4 Å². The van der Waals surface area contributed by atoms with Crippen LogP contribution in [0.15, 0.2) is 30.5 Å². The fourth-order valence-electron chi connectivity index (χ4n) is 1.32. The van der Waals surface area contributed by atoms with Gasteiger partial charge in [-0.25, -0.2) is 4.98 Å². The summed E-state index contributed by atoms with van der Waals surface area (Å²) < 4.78 is 14.6. The lowest BCUT2D eigenvalue weighted by atomic mass is 10.3. The maximum Gasteiger partial charge on any atom is 0.293 e. The molecule has 0 saturated heterocycles. The molecule has 14 heavy (non-hydrogen) atoms. The second kappa shape index (κ2) is 3.14. The highest BCUT2D eigenvalue weighted by Crippen LogP contribution is 2.14. The fourth-order valence-corrected chi connectivity index (χ4v) is 1.32. The first-order chi connectivity index (χ1) is 6.66. The van der Waals surface area contributed by atoms with Crippen LogP contribution in [0.3, 0.4) is 0 Å². The average molecular weight is 191 g/mol. The maximum atomic E-state index is 13.2. The topological polar surface area (TPSA) is 43.8 Å². The lowest BCUT2D eigenvalue weighted by molar-refractivity contribution is 0.522. The third-order valence-electron chi connectivity index (χ3n) is 1.93. The molecule has 72 valence electrons. The summed E-state index contributed by atoms with van der Waals surface area (Å²) in [5.41, 5.74) is 7.53. The summed E-state index contributed by atoms with van der Waals surface area (Å²) in [5, 5.41) is 0. The Hall–Kier alpha value is -1.84. The van der Waals surface area contributed by atoms with Crippen molar-refractivity contribution in [2.24, 2.45) is 0 Å². The molecule has 1 aromatic heterocycles. The summed E-state index contributed by atoms with van der Waals surface area (Å²) >= 11 is 0. The maximum absolute atomic E-state index is 13.2. The van der Waals surface area contributed by atoms with Crippen LogP contribution in [0, 0.1) is 13.0 Å². The number of hydrogen-bond acceptors (Lipinski definition) is 2. The number of imidazole rings is 1. The standard InChI is InChI=1S/C10H10FN3/c1-7-6-14(10(11)13-7)9-4-2-3-8(12)5-9/h2-6H,12H2,1H3. The van der Waals surface area contributed by atoms with E-state index in [0.29, 0.717) is 17.1 Å². The summed E-state index contributed by atoms with van der Waals surface area (Å²) in [6.45, 7) is 1.74. The Morgan fingerprint density at radius 1 is 1.43 bits per heavy atom. The zero-order valence-corrected chi connectivity index (χ0v) is 7.74. The fraction of sp³-hybridized carbons (Fsp3) is 0.100. The summed E-state index contributed by atoms with van der Waals surface area (Å²) in [6.07, 6.45) is 1.11. The van der Waals surface area contributed by atoms with Gasteiger partial charge in [-0.15, -0.1) is 0 Å². The molecular weight excluding hydrogens is 181 g/mol. The minimum absolute atomic E-state index is 0.520. The van der Waals surface area contributed by atoms with Crippen LogP contribution in [0.5, 0.6) is 0 Å². The van der Waals surface area contributed by atoms with Crippen LogP contribution >= 0.6 is 0 Å². The third-order valence-corrected chi connectivity index (χ3v) is 1.93. The first-order valence-electron chi connectivity index (χ1n) is 4.24. The van der Waals surface area contributed by atoms with Crippen molar-refractivity contribution in [2.75, 3.05) is 5.73 Å². The zero-order valence-electron chi connectivity index (χ0n) is 7.74. The average Bonchev–Trinajstić information content (AvgIpc) is 2.45. The van der Waals surface area contributed by atoms with Gasteiger partial charge in [0.15, 0.2) is 0 Å². The Kier molecular flexibility index (Phi) is 1.96. The number of hydrogen-bond donors (Lipinski definition) is 1. The van der Waals surface area contributed by atoms with E-state index in [9.17, 15) is 4.39 Å². The molecular formula is C10H10FN3. The summed E-state index contributed by atoms with van der Waals surface area (Å²) in [7, 11) is 0. The number of benzene rings is 1. The van der Waals surface area contributed by atoms with Gasteiger partial charge in [-0.05, 0) is 25.1 Å². The normalized spacial score (nSPS) is 10.4. The second-order valence-electron chi connectivity index (χ2n) is 3.12. The zero-order chi connectivity index (χ0) is 10.1. The summed E-state index contributed by atoms with van der Waals surface area (Å²) in [5.74, 6) is 0. The number of aryl methyl sites for hydroxylation is 1. The Balaban J connectivity index is 2.54. The van der Waals surface area contributed by atoms with Gasteiger partial charge in [0.1, 0.15) is 0 Å². The van der Waals surface area contributed by atoms with Crippen molar-refractivity contribution in [2.45, 2.75) is 6.92 Å². The SMILES string of the molecule is Cc1cn(-c2cccc(N)c2)c(F)n1. The number of halogens is 1. The van der Waals surface area contributed by atoms with Crippen molar-refractivity contribution in [3.8, 4) is 5.69 Å². The lowest BCUT2D eigenvalue weighted by Gasteiger charge is -2.02. The molecule has 0 amide bonds. The van der Waals surface area contributed by atoms with Crippen molar-refractivity contribution in [3.05, 3.63) is 42.2 Å². The number of nitrogens with two attached hydrogens (primary N) is 1. The van der Waals surface area contributed by atoms with Crippen molar-refractivity contribution in [1.82, 2.24) is 9.55 Å². The molecule has 0 aliphatic rings. The van der Waals surface area contributed by atoms with Crippen molar-refractivity contribution < 1.29 is 4.39 Å². The minimum Gasteiger partial charge on any atom is -0.399 e. The number of anilines is 1. The van der Waals surface area contributed by atoms with Gasteiger partial charge in [0, 0.05) is 11.9 Å². The molecule has 2 N–H and O–H groups in total. The quantitative estimate of drug-likeness (QED) is 0.699. The highest BCUT2D eigenvalue weighted by molar-refractivity contribution is 5.47. The Labute approximate surface area is 81.0 Å². The molecule has 1 heterocycles. The Bertz CT molecular complexity index is 462. The monoisotopic (exact) mass is 191 g/mol. The van der Waals surface area contributed by atoms with E-state index in [-0.39, 0.29) is 0 Å². The third kappa shape index (κ3) is 1.46. The van der Waals surface area contributed by atoms with Crippen molar-refractivity contribution >= 4 is 5.69 Å². The molecule has 1 aromatic carbocycles. The molecule has 3 nitrogen and oxygen atoms in total. The van der Waals surface area contributed by atoms with Gasteiger partial charge in [-0.3, -0.25) is 4.57 Å². The van der Waals surface area contributed by atoms with Crippen LogP contribution < -0.4 is 5.73 Å². The first kappa shape index (κ1) is 8.74. The predicted octanol–water partition coefficient (Wildman–Crippen LogP) is 1.90. The molecule has 2 aromatic rings. The highest BCUT2D eigenvalue weighted by atomic mass is 19.1. The van der Waals surface area contributed by atoms with E-state index in [1.807, 2.05) is 0 Å². The summed E-state index contributed by atoms with van der Waals surface area (Å²) in [6, 6.07) is 7.01. The van der Waals surface area contributed by atoms with E-state index < -0.39 is 6.08 Å². The molecule has 0 fully saturated rings. The van der Waals surface area contributed by atoms with E-state index in [1.165, 1.54) is 4.57 Å². The largest absolute Gasteiger partial charge is 0.399 e. The minimum atomic E-state index is -0.520. The lowest BCUT2D eigenvalue weighted by Crippen LogP contribution is -1.97.